The molecule has 1 aromatic rings. The van der Waals surface area contributed by atoms with Crippen LogP contribution >= 0.6 is 0 Å². The van der Waals surface area contributed by atoms with Gasteiger partial charge in [-0.3, -0.25) is 4.79 Å². The molecule has 0 aromatic heterocycles. The highest BCUT2D eigenvalue weighted by atomic mass is 16.5. The number of carbonyl (C=O) groups excluding carboxylic acids is 2. The summed E-state index contributed by atoms with van der Waals surface area (Å²) in [6, 6.07) is 5.09. The molecule has 0 spiro atoms. The molecule has 2 N–H and O–H groups in total. The van der Waals surface area contributed by atoms with E-state index in [-0.39, 0.29) is 5.91 Å². The van der Waals surface area contributed by atoms with Crippen LogP contribution in [0.25, 0.3) is 0 Å². The molecule has 0 unspecified atom stereocenters. The number of esters is 1. The molecule has 0 atom stereocenters. The number of methoxy groups -OCH3 is 1. The van der Waals surface area contributed by atoms with Crippen LogP contribution in [0.2, 0.25) is 0 Å². The summed E-state index contributed by atoms with van der Waals surface area (Å²) in [5.74, 6) is -0.465. The minimum atomic E-state index is -0.773. The van der Waals surface area contributed by atoms with E-state index in [0.29, 0.717) is 30.0 Å². The maximum Gasteiger partial charge on any atom is 0.340 e. The number of rotatable bonds is 2. The van der Waals surface area contributed by atoms with E-state index in [1.165, 1.54) is 7.11 Å². The van der Waals surface area contributed by atoms with E-state index < -0.39 is 11.5 Å². The van der Waals surface area contributed by atoms with Gasteiger partial charge in [0.15, 0.2) is 0 Å². The summed E-state index contributed by atoms with van der Waals surface area (Å²) >= 11 is 0. The predicted octanol–water partition coefficient (Wildman–Crippen LogP) is 1.11. The Bertz CT molecular complexity index is 584. The number of hydrogen-bond acceptors (Lipinski definition) is 5. The van der Waals surface area contributed by atoms with Gasteiger partial charge in [-0.15, -0.1) is 0 Å². The summed E-state index contributed by atoms with van der Waals surface area (Å²) in [7, 11) is 3.10. The lowest BCUT2D eigenvalue weighted by atomic mass is 9.95. The molecule has 1 aromatic carbocycles. The largest absolute Gasteiger partial charge is 0.465 e. The fourth-order valence-corrected chi connectivity index (χ4v) is 2.74. The van der Waals surface area contributed by atoms with Crippen LogP contribution in [-0.2, 0) is 9.53 Å². The number of nitrogens with two attached hydrogens (primary N) is 1. The van der Waals surface area contributed by atoms with Gasteiger partial charge >= 0.3 is 5.97 Å². The second-order valence-electron chi connectivity index (χ2n) is 5.67. The van der Waals surface area contributed by atoms with Crippen molar-refractivity contribution in [2.75, 3.05) is 37.9 Å². The lowest BCUT2D eigenvalue weighted by Gasteiger charge is -2.46. The number of para-hydroxylation sites is 1. The van der Waals surface area contributed by atoms with Gasteiger partial charge in [-0.1, -0.05) is 6.07 Å². The average Bonchev–Trinajstić information content (AvgIpc) is 2.45. The first kappa shape index (κ1) is 15.2. The number of ether oxygens (including phenoxy) is 1. The van der Waals surface area contributed by atoms with Crippen LogP contribution in [0.15, 0.2) is 18.2 Å². The molecule has 21 heavy (non-hydrogen) atoms. The average molecular weight is 291 g/mol. The van der Waals surface area contributed by atoms with E-state index in [1.54, 1.807) is 30.1 Å². The monoisotopic (exact) mass is 291 g/mol. The summed E-state index contributed by atoms with van der Waals surface area (Å²) < 4.78 is 4.82. The fraction of sp³-hybridized carbons (Fsp3) is 0.467. The van der Waals surface area contributed by atoms with Crippen molar-refractivity contribution >= 4 is 23.3 Å². The van der Waals surface area contributed by atoms with Gasteiger partial charge in [0.1, 0.15) is 5.54 Å². The predicted molar refractivity (Wildman–Crippen MR) is 81.3 cm³/mol. The quantitative estimate of drug-likeness (QED) is 0.652. The van der Waals surface area contributed by atoms with Crippen molar-refractivity contribution in [1.29, 1.82) is 0 Å². The van der Waals surface area contributed by atoms with Crippen LogP contribution in [0.4, 0.5) is 11.4 Å². The van der Waals surface area contributed by atoms with E-state index in [1.807, 2.05) is 18.7 Å². The smallest absolute Gasteiger partial charge is 0.340 e. The molecule has 1 saturated heterocycles. The molecule has 2 rings (SSSR count). The third-order valence-electron chi connectivity index (χ3n) is 3.95. The molecule has 6 nitrogen and oxygen atoms in total. The first-order valence-electron chi connectivity index (χ1n) is 6.80. The van der Waals surface area contributed by atoms with Crippen LogP contribution in [-0.4, -0.2) is 49.6 Å². The van der Waals surface area contributed by atoms with Gasteiger partial charge in [-0.05, 0) is 26.0 Å². The van der Waals surface area contributed by atoms with E-state index in [0.717, 1.165) is 0 Å². The molecule has 1 amide bonds. The number of benzene rings is 1. The summed E-state index contributed by atoms with van der Waals surface area (Å²) in [6.07, 6.45) is 0. The minimum Gasteiger partial charge on any atom is -0.465 e. The lowest BCUT2D eigenvalue weighted by Crippen LogP contribution is -2.62. The van der Waals surface area contributed by atoms with Crippen LogP contribution < -0.4 is 10.6 Å². The highest BCUT2D eigenvalue weighted by molar-refractivity contribution is 6.01. The Morgan fingerprint density at radius 1 is 1.33 bits per heavy atom. The number of piperazine rings is 1. The molecule has 0 bridgehead atoms. The zero-order valence-electron chi connectivity index (χ0n) is 12.8. The highest BCUT2D eigenvalue weighted by Gasteiger charge is 2.42. The van der Waals surface area contributed by atoms with Gasteiger partial charge in [0, 0.05) is 20.1 Å². The maximum atomic E-state index is 12.4. The summed E-state index contributed by atoms with van der Waals surface area (Å²) in [5.41, 5.74) is 6.70. The number of hydrogen-bond donors (Lipinski definition) is 1. The van der Waals surface area contributed by atoms with Gasteiger partial charge in [0.2, 0.25) is 5.91 Å². The Morgan fingerprint density at radius 2 is 2.00 bits per heavy atom. The highest BCUT2D eigenvalue weighted by Crippen LogP contribution is 2.35. The van der Waals surface area contributed by atoms with Crippen molar-refractivity contribution in [2.24, 2.45) is 0 Å². The van der Waals surface area contributed by atoms with Gasteiger partial charge in [0.25, 0.3) is 0 Å². The van der Waals surface area contributed by atoms with Crippen molar-refractivity contribution in [2.45, 2.75) is 19.4 Å². The van der Waals surface area contributed by atoms with E-state index in [4.69, 9.17) is 10.5 Å². The number of nitrogen functional groups attached to an aromatic ring is 1. The SMILES string of the molecule is COC(=O)c1cccc(N)c1N1CCN(C)C(=O)C1(C)C. The first-order valence-corrected chi connectivity index (χ1v) is 6.80. The minimum absolute atomic E-state index is 0.00665. The first-order chi connectivity index (χ1) is 9.80. The van der Waals surface area contributed by atoms with E-state index in [9.17, 15) is 9.59 Å². The van der Waals surface area contributed by atoms with Crippen LogP contribution in [0.5, 0.6) is 0 Å². The molecule has 114 valence electrons. The Hall–Kier alpha value is -2.24. The number of anilines is 2. The maximum absolute atomic E-state index is 12.4. The molecule has 1 heterocycles. The Balaban J connectivity index is 2.56. The third kappa shape index (κ3) is 2.41. The van der Waals surface area contributed by atoms with Crippen molar-refractivity contribution in [3.05, 3.63) is 23.8 Å². The second kappa shape index (κ2) is 5.27. The van der Waals surface area contributed by atoms with E-state index >= 15 is 0 Å². The third-order valence-corrected chi connectivity index (χ3v) is 3.95. The molecular formula is C15H21N3O3. The van der Waals surface area contributed by atoms with Crippen LogP contribution in [0.1, 0.15) is 24.2 Å². The molecule has 0 aliphatic carbocycles. The molecular weight excluding hydrogens is 270 g/mol. The molecule has 1 aliphatic heterocycles. The molecule has 0 radical (unpaired) electrons. The summed E-state index contributed by atoms with van der Waals surface area (Å²) in [6.45, 7) is 4.85. The Morgan fingerprint density at radius 3 is 2.62 bits per heavy atom. The summed E-state index contributed by atoms with van der Waals surface area (Å²) in [4.78, 5) is 28.0. The van der Waals surface area contributed by atoms with Crippen molar-refractivity contribution in [3.8, 4) is 0 Å². The summed E-state index contributed by atoms with van der Waals surface area (Å²) in [5, 5.41) is 0. The standard InChI is InChI=1S/C15H21N3O3/c1-15(2)14(20)17(3)8-9-18(15)12-10(13(19)21-4)6-5-7-11(12)16/h5-7H,8-9,16H2,1-4H3. The lowest BCUT2D eigenvalue weighted by molar-refractivity contribution is -0.136. The topological polar surface area (TPSA) is 75.9 Å². The molecule has 1 aliphatic rings. The molecule has 0 saturated carbocycles. The van der Waals surface area contributed by atoms with Crippen molar-refractivity contribution in [3.63, 3.8) is 0 Å². The van der Waals surface area contributed by atoms with Crippen molar-refractivity contribution in [1.82, 2.24) is 4.90 Å². The zero-order chi connectivity index (χ0) is 15.8. The van der Waals surface area contributed by atoms with Gasteiger partial charge in [-0.2, -0.15) is 0 Å². The normalized spacial score (nSPS) is 17.8. The van der Waals surface area contributed by atoms with Gasteiger partial charge in [0.05, 0.1) is 24.0 Å². The van der Waals surface area contributed by atoms with Crippen LogP contribution in [0.3, 0.4) is 0 Å². The zero-order valence-corrected chi connectivity index (χ0v) is 12.8. The van der Waals surface area contributed by atoms with E-state index in [2.05, 4.69) is 0 Å². The number of amides is 1. The van der Waals surface area contributed by atoms with Crippen LogP contribution in [0, 0.1) is 0 Å². The van der Waals surface area contributed by atoms with Gasteiger partial charge in [-0.25, -0.2) is 4.79 Å². The molecule has 1 fully saturated rings. The van der Waals surface area contributed by atoms with Gasteiger partial charge < -0.3 is 20.3 Å². The Kier molecular flexibility index (Phi) is 3.80. The second-order valence-corrected chi connectivity index (χ2v) is 5.67. The number of carbonyl (C=O) groups is 2. The fourth-order valence-electron chi connectivity index (χ4n) is 2.74. The molecule has 6 heteroatoms. The number of likely N-dealkylation sites (N-methyl/N-ethyl adjacent to an activating group) is 1. The van der Waals surface area contributed by atoms with Crippen molar-refractivity contribution < 1.29 is 14.3 Å². The number of nitrogens with zero attached hydrogens (tertiary/aromatic N) is 2. The Labute approximate surface area is 124 Å².